The Hall–Kier alpha value is 0.390. The summed E-state index contributed by atoms with van der Waals surface area (Å²) in [5.74, 6) is 0. The predicted octanol–water partition coefficient (Wildman–Crippen LogP) is 1.86. The van der Waals surface area contributed by atoms with Crippen LogP contribution in [0.25, 0.3) is 0 Å². The fraction of sp³-hybridized carbons (Fsp3) is 0.750. The van der Waals surface area contributed by atoms with E-state index in [4.69, 9.17) is 4.74 Å². The van der Waals surface area contributed by atoms with Crippen LogP contribution in [0.2, 0.25) is 0 Å². The molecule has 0 aliphatic carbocycles. The van der Waals surface area contributed by atoms with Gasteiger partial charge < -0.3 is 9.84 Å². The van der Waals surface area contributed by atoms with Gasteiger partial charge in [0.25, 0.3) is 0 Å². The third kappa shape index (κ3) is 2.42. The first-order valence-corrected chi connectivity index (χ1v) is 4.80. The lowest BCUT2D eigenvalue weighted by Gasteiger charge is -2.35. The maximum Gasteiger partial charge on any atom is 0.156 e. The molecule has 3 heteroatoms. The minimum absolute atomic E-state index is 0.0227. The largest absolute Gasteiger partial charge is 0.368 e. The van der Waals surface area contributed by atoms with Crippen molar-refractivity contribution >= 4 is 22.6 Å². The lowest BCUT2D eigenvalue weighted by Crippen LogP contribution is -2.38. The molecule has 11 heavy (non-hydrogen) atoms. The van der Waals surface area contributed by atoms with Crippen molar-refractivity contribution in [3.05, 3.63) is 12.7 Å². The van der Waals surface area contributed by atoms with Gasteiger partial charge in [0, 0.05) is 9.84 Å². The molecule has 0 amide bonds. The molecule has 0 aromatic carbocycles. The van der Waals surface area contributed by atoms with Crippen molar-refractivity contribution in [2.24, 2.45) is 0 Å². The Morgan fingerprint density at radius 2 is 2.36 bits per heavy atom. The van der Waals surface area contributed by atoms with Crippen LogP contribution in [-0.2, 0) is 4.74 Å². The number of aliphatic hydroxyl groups is 1. The number of hydrogen-bond donors (Lipinski definition) is 1. The van der Waals surface area contributed by atoms with E-state index in [1.807, 2.05) is 13.0 Å². The van der Waals surface area contributed by atoms with Gasteiger partial charge in [0.15, 0.2) is 6.29 Å². The van der Waals surface area contributed by atoms with E-state index >= 15 is 0 Å². The number of aliphatic hydroxyl groups excluding tert-OH is 1. The zero-order valence-electron chi connectivity index (χ0n) is 6.59. The average Bonchev–Trinajstić information content (AvgIpc) is 1.84. The molecule has 0 spiro atoms. The van der Waals surface area contributed by atoms with Crippen LogP contribution >= 0.6 is 22.6 Å². The van der Waals surface area contributed by atoms with Crippen molar-refractivity contribution in [3.8, 4) is 0 Å². The Kier molecular flexibility index (Phi) is 2.94. The first kappa shape index (κ1) is 9.48. The summed E-state index contributed by atoms with van der Waals surface area (Å²) >= 11 is 2.33. The second-order valence-corrected chi connectivity index (χ2v) is 5.20. The van der Waals surface area contributed by atoms with Crippen molar-refractivity contribution in [1.29, 1.82) is 0 Å². The van der Waals surface area contributed by atoms with Crippen molar-refractivity contribution in [1.82, 2.24) is 0 Å². The minimum atomic E-state index is -0.617. The van der Waals surface area contributed by atoms with E-state index in [1.165, 1.54) is 0 Å². The highest BCUT2D eigenvalue weighted by Crippen LogP contribution is 2.36. The van der Waals surface area contributed by atoms with E-state index in [0.717, 1.165) is 6.42 Å². The monoisotopic (exact) mass is 268 g/mol. The van der Waals surface area contributed by atoms with Gasteiger partial charge in [0.05, 0.1) is 6.10 Å². The van der Waals surface area contributed by atoms with Crippen molar-refractivity contribution in [2.75, 3.05) is 0 Å². The molecule has 0 saturated carbocycles. The number of hydrogen-bond acceptors (Lipinski definition) is 2. The fourth-order valence-electron chi connectivity index (χ4n) is 1.38. The molecule has 1 aliphatic rings. The van der Waals surface area contributed by atoms with Gasteiger partial charge in [0.1, 0.15) is 0 Å². The Bertz CT molecular complexity index is 148. The lowest BCUT2D eigenvalue weighted by molar-refractivity contribution is -0.159. The zero-order valence-corrected chi connectivity index (χ0v) is 8.74. The molecule has 2 nitrogen and oxygen atoms in total. The maximum absolute atomic E-state index is 9.27. The SMILES string of the molecule is C=C[C@@]1(I)C[C@H](C)O[C@@H](O)C1. The molecule has 0 aromatic rings. The molecule has 1 fully saturated rings. The molecular formula is C8H13IO2. The molecule has 1 saturated heterocycles. The normalized spacial score (nSPS) is 45.4. The van der Waals surface area contributed by atoms with Gasteiger partial charge in [-0.15, -0.1) is 6.58 Å². The third-order valence-electron chi connectivity index (χ3n) is 1.90. The van der Waals surface area contributed by atoms with Crippen molar-refractivity contribution in [3.63, 3.8) is 0 Å². The van der Waals surface area contributed by atoms with Gasteiger partial charge >= 0.3 is 0 Å². The summed E-state index contributed by atoms with van der Waals surface area (Å²) in [4.78, 5) is 0. The van der Waals surface area contributed by atoms with Gasteiger partial charge in [-0.3, -0.25) is 0 Å². The van der Waals surface area contributed by atoms with Crippen LogP contribution in [0.15, 0.2) is 12.7 Å². The highest BCUT2D eigenvalue weighted by Gasteiger charge is 2.34. The van der Waals surface area contributed by atoms with Crippen LogP contribution in [0.1, 0.15) is 19.8 Å². The molecule has 0 aromatic heterocycles. The molecule has 1 heterocycles. The Morgan fingerprint density at radius 3 is 2.82 bits per heavy atom. The number of alkyl halides is 1. The summed E-state index contributed by atoms with van der Waals surface area (Å²) in [6.45, 7) is 5.72. The topological polar surface area (TPSA) is 29.5 Å². The molecule has 0 radical (unpaired) electrons. The van der Waals surface area contributed by atoms with E-state index in [2.05, 4.69) is 29.2 Å². The molecule has 0 unspecified atom stereocenters. The number of allylic oxidation sites excluding steroid dienone is 1. The number of ether oxygens (including phenoxy) is 1. The van der Waals surface area contributed by atoms with Crippen molar-refractivity contribution in [2.45, 2.75) is 35.6 Å². The predicted molar refractivity (Wildman–Crippen MR) is 52.7 cm³/mol. The van der Waals surface area contributed by atoms with Gasteiger partial charge in [-0.2, -0.15) is 0 Å². The summed E-state index contributed by atoms with van der Waals surface area (Å²) in [7, 11) is 0. The van der Waals surface area contributed by atoms with Crippen LogP contribution in [-0.4, -0.2) is 20.9 Å². The Labute approximate surface area is 80.8 Å². The quantitative estimate of drug-likeness (QED) is 0.447. The summed E-state index contributed by atoms with van der Waals surface area (Å²) in [5, 5.41) is 9.27. The molecule has 64 valence electrons. The summed E-state index contributed by atoms with van der Waals surface area (Å²) in [6, 6.07) is 0. The minimum Gasteiger partial charge on any atom is -0.368 e. The van der Waals surface area contributed by atoms with Gasteiger partial charge in [0.2, 0.25) is 0 Å². The highest BCUT2D eigenvalue weighted by atomic mass is 127. The Morgan fingerprint density at radius 1 is 1.73 bits per heavy atom. The van der Waals surface area contributed by atoms with E-state index < -0.39 is 6.29 Å². The van der Waals surface area contributed by atoms with Gasteiger partial charge in [-0.25, -0.2) is 0 Å². The van der Waals surface area contributed by atoms with E-state index in [-0.39, 0.29) is 9.53 Å². The molecule has 3 atom stereocenters. The molecule has 1 rings (SSSR count). The molecular weight excluding hydrogens is 255 g/mol. The third-order valence-corrected chi connectivity index (χ3v) is 3.22. The average molecular weight is 268 g/mol. The van der Waals surface area contributed by atoms with Crippen LogP contribution < -0.4 is 0 Å². The van der Waals surface area contributed by atoms with Crippen molar-refractivity contribution < 1.29 is 9.84 Å². The van der Waals surface area contributed by atoms with Crippen LogP contribution in [0.3, 0.4) is 0 Å². The molecule has 1 N–H and O–H groups in total. The van der Waals surface area contributed by atoms with E-state index in [1.54, 1.807) is 0 Å². The van der Waals surface area contributed by atoms with E-state index in [9.17, 15) is 5.11 Å². The zero-order chi connectivity index (χ0) is 8.48. The van der Waals surface area contributed by atoms with E-state index in [0.29, 0.717) is 6.42 Å². The first-order valence-electron chi connectivity index (χ1n) is 3.72. The van der Waals surface area contributed by atoms with Crippen LogP contribution in [0, 0.1) is 0 Å². The highest BCUT2D eigenvalue weighted by molar-refractivity contribution is 14.1. The smallest absolute Gasteiger partial charge is 0.156 e. The maximum atomic E-state index is 9.27. The first-order chi connectivity index (χ1) is 5.06. The van der Waals surface area contributed by atoms with Gasteiger partial charge in [-0.05, 0) is 13.3 Å². The molecule has 1 aliphatic heterocycles. The summed E-state index contributed by atoms with van der Waals surface area (Å²) in [6.07, 6.45) is 3.01. The standard InChI is InChI=1S/C8H13IO2/c1-3-8(9)4-6(2)11-7(10)5-8/h3,6-7,10H,1,4-5H2,2H3/t6-,7+,8+/m0/s1. The second kappa shape index (κ2) is 3.41. The summed E-state index contributed by atoms with van der Waals surface area (Å²) in [5.41, 5.74) is 0. The number of rotatable bonds is 1. The molecule has 0 bridgehead atoms. The second-order valence-electron chi connectivity index (χ2n) is 3.05. The lowest BCUT2D eigenvalue weighted by atomic mass is 9.95. The fourth-order valence-corrected chi connectivity index (χ4v) is 2.38. The van der Waals surface area contributed by atoms with Crippen LogP contribution in [0.5, 0.6) is 0 Å². The van der Waals surface area contributed by atoms with Gasteiger partial charge in [-0.1, -0.05) is 28.7 Å². The summed E-state index contributed by atoms with van der Waals surface area (Å²) < 4.78 is 5.21. The Balaban J connectivity index is 2.62. The van der Waals surface area contributed by atoms with Crippen LogP contribution in [0.4, 0.5) is 0 Å². The number of halogens is 1.